The number of primary sulfonamides is 1. The minimum Gasteiger partial charge on any atom is -0.489 e. The Morgan fingerprint density at radius 3 is 2.21 bits per heavy atom. The lowest BCUT2D eigenvalue weighted by atomic mass is 10.1. The number of aryl methyl sites for hydroxylation is 1. The normalized spacial score (nSPS) is 11.4. The first-order valence-corrected chi connectivity index (χ1v) is 8.88. The van der Waals surface area contributed by atoms with Gasteiger partial charge in [0.2, 0.25) is 5.09 Å². The Bertz CT molecular complexity index is 929. The second-order valence-electron chi connectivity index (χ2n) is 5.37. The van der Waals surface area contributed by atoms with Crippen molar-refractivity contribution in [2.24, 2.45) is 5.14 Å². The van der Waals surface area contributed by atoms with E-state index in [-0.39, 0.29) is 11.7 Å². The third-order valence-corrected chi connectivity index (χ3v) is 4.40. The van der Waals surface area contributed by atoms with Crippen LogP contribution in [0.4, 0.5) is 0 Å². The van der Waals surface area contributed by atoms with Gasteiger partial charge in [0, 0.05) is 11.6 Å². The van der Waals surface area contributed by atoms with E-state index in [1.807, 2.05) is 54.6 Å². The number of ether oxygens (including phenoxy) is 1. The van der Waals surface area contributed by atoms with Crippen molar-refractivity contribution in [3.05, 3.63) is 72.0 Å². The van der Waals surface area contributed by atoms with Crippen LogP contribution in [0.2, 0.25) is 0 Å². The zero-order valence-corrected chi connectivity index (χ0v) is 13.9. The molecule has 1 heterocycles. The summed E-state index contributed by atoms with van der Waals surface area (Å²) in [6.45, 7) is 1.88. The summed E-state index contributed by atoms with van der Waals surface area (Å²) in [5.74, 6) is 1.16. The fraction of sp³-hybridized carbons (Fsp3) is 0.111. The Kier molecular flexibility index (Phi) is 4.42. The van der Waals surface area contributed by atoms with Crippen LogP contribution in [0.15, 0.2) is 70.2 Å². The van der Waals surface area contributed by atoms with Gasteiger partial charge in [-0.1, -0.05) is 42.5 Å². The summed E-state index contributed by atoms with van der Waals surface area (Å²) in [6.07, 6.45) is 0. The Balaban J connectivity index is 1.70. The fourth-order valence-corrected chi connectivity index (χ4v) is 2.86. The standard InChI is InChI=1S/C18H17NO4S/c1-13-16(11-18(23-13)24(19,20)21)12-22-17-9-7-15(8-10-17)14-5-3-2-4-6-14/h2-11H,12H2,1H3,(H2,19,20,21). The Labute approximate surface area is 140 Å². The largest absolute Gasteiger partial charge is 0.489 e. The van der Waals surface area contributed by atoms with E-state index in [1.54, 1.807) is 6.92 Å². The predicted octanol–water partition coefficient (Wildman–Crippen LogP) is 3.48. The summed E-state index contributed by atoms with van der Waals surface area (Å²) in [6, 6.07) is 19.1. The molecule has 0 unspecified atom stereocenters. The fourth-order valence-electron chi connectivity index (χ4n) is 2.31. The molecule has 24 heavy (non-hydrogen) atoms. The van der Waals surface area contributed by atoms with E-state index < -0.39 is 10.0 Å². The molecule has 3 rings (SSSR count). The summed E-state index contributed by atoms with van der Waals surface area (Å²) in [4.78, 5) is 0. The molecule has 3 aromatic rings. The maximum Gasteiger partial charge on any atom is 0.271 e. The van der Waals surface area contributed by atoms with Crippen molar-refractivity contribution in [3.63, 3.8) is 0 Å². The third-order valence-electron chi connectivity index (χ3n) is 3.63. The minimum absolute atomic E-state index is 0.204. The topological polar surface area (TPSA) is 82.5 Å². The van der Waals surface area contributed by atoms with Crippen LogP contribution in [0.3, 0.4) is 0 Å². The first-order valence-electron chi connectivity index (χ1n) is 7.34. The molecule has 5 nitrogen and oxygen atoms in total. The van der Waals surface area contributed by atoms with E-state index in [0.29, 0.717) is 17.1 Å². The van der Waals surface area contributed by atoms with Gasteiger partial charge >= 0.3 is 0 Å². The molecule has 0 aliphatic rings. The van der Waals surface area contributed by atoms with E-state index in [0.717, 1.165) is 11.1 Å². The first kappa shape index (κ1) is 16.3. The SMILES string of the molecule is Cc1oc(S(N)(=O)=O)cc1COc1ccc(-c2ccccc2)cc1. The second-order valence-corrected chi connectivity index (χ2v) is 6.86. The van der Waals surface area contributed by atoms with Gasteiger partial charge in [-0.2, -0.15) is 0 Å². The summed E-state index contributed by atoms with van der Waals surface area (Å²) in [5, 5.41) is 4.80. The molecule has 0 saturated carbocycles. The van der Waals surface area contributed by atoms with Gasteiger partial charge in [0.15, 0.2) is 0 Å². The molecule has 2 aromatic carbocycles. The summed E-state index contributed by atoms with van der Waals surface area (Å²) < 4.78 is 33.4. The molecule has 1 aromatic heterocycles. The molecule has 0 spiro atoms. The lowest BCUT2D eigenvalue weighted by Gasteiger charge is -2.07. The van der Waals surface area contributed by atoms with Gasteiger partial charge in [-0.05, 0) is 30.2 Å². The zero-order chi connectivity index (χ0) is 17.2. The van der Waals surface area contributed by atoms with Crippen LogP contribution in [-0.4, -0.2) is 8.42 Å². The maximum atomic E-state index is 11.3. The number of furan rings is 1. The average Bonchev–Trinajstić information content (AvgIpc) is 2.95. The number of hydrogen-bond acceptors (Lipinski definition) is 4. The monoisotopic (exact) mass is 343 g/mol. The average molecular weight is 343 g/mol. The Morgan fingerprint density at radius 1 is 1.00 bits per heavy atom. The van der Waals surface area contributed by atoms with Gasteiger partial charge in [0.1, 0.15) is 18.1 Å². The summed E-state index contributed by atoms with van der Waals surface area (Å²) >= 11 is 0. The molecule has 2 N–H and O–H groups in total. The molecular weight excluding hydrogens is 326 g/mol. The van der Waals surface area contributed by atoms with Crippen molar-refractivity contribution in [1.29, 1.82) is 0 Å². The Morgan fingerprint density at radius 2 is 1.62 bits per heavy atom. The highest BCUT2D eigenvalue weighted by Crippen LogP contribution is 2.24. The van der Waals surface area contributed by atoms with Gasteiger partial charge < -0.3 is 9.15 Å². The molecule has 0 radical (unpaired) electrons. The van der Waals surface area contributed by atoms with Crippen molar-refractivity contribution < 1.29 is 17.6 Å². The lowest BCUT2D eigenvalue weighted by molar-refractivity contribution is 0.302. The Hall–Kier alpha value is -2.57. The molecule has 0 amide bonds. The molecule has 0 aliphatic heterocycles. The summed E-state index contributed by atoms with van der Waals surface area (Å²) in [5.41, 5.74) is 2.87. The molecule has 0 aliphatic carbocycles. The number of nitrogens with two attached hydrogens (primary N) is 1. The van der Waals surface area contributed by atoms with Crippen molar-refractivity contribution in [2.75, 3.05) is 0 Å². The van der Waals surface area contributed by atoms with Crippen LogP contribution >= 0.6 is 0 Å². The van der Waals surface area contributed by atoms with Crippen molar-refractivity contribution in [1.82, 2.24) is 0 Å². The third kappa shape index (κ3) is 3.67. The van der Waals surface area contributed by atoms with Gasteiger partial charge in [0.05, 0.1) is 0 Å². The highest BCUT2D eigenvalue weighted by atomic mass is 32.2. The highest BCUT2D eigenvalue weighted by Gasteiger charge is 2.16. The second kappa shape index (κ2) is 6.51. The van der Waals surface area contributed by atoms with Crippen LogP contribution < -0.4 is 9.88 Å². The van der Waals surface area contributed by atoms with E-state index >= 15 is 0 Å². The quantitative estimate of drug-likeness (QED) is 0.769. The van der Waals surface area contributed by atoms with Crippen molar-refractivity contribution in [2.45, 2.75) is 18.6 Å². The molecule has 0 saturated heterocycles. The molecule has 6 heteroatoms. The highest BCUT2D eigenvalue weighted by molar-refractivity contribution is 7.89. The summed E-state index contributed by atoms with van der Waals surface area (Å²) in [7, 11) is -3.85. The molecule has 0 bridgehead atoms. The molecule has 0 fully saturated rings. The number of benzene rings is 2. The first-order chi connectivity index (χ1) is 11.4. The van der Waals surface area contributed by atoms with Crippen LogP contribution in [-0.2, 0) is 16.6 Å². The van der Waals surface area contributed by atoms with E-state index in [4.69, 9.17) is 14.3 Å². The van der Waals surface area contributed by atoms with E-state index in [1.165, 1.54) is 6.07 Å². The lowest BCUT2D eigenvalue weighted by Crippen LogP contribution is -2.10. The number of rotatable bonds is 5. The van der Waals surface area contributed by atoms with E-state index in [9.17, 15) is 8.42 Å². The minimum atomic E-state index is -3.85. The van der Waals surface area contributed by atoms with Gasteiger partial charge in [0.25, 0.3) is 10.0 Å². The van der Waals surface area contributed by atoms with Gasteiger partial charge in [-0.3, -0.25) is 0 Å². The zero-order valence-electron chi connectivity index (χ0n) is 13.1. The molecule has 124 valence electrons. The van der Waals surface area contributed by atoms with Gasteiger partial charge in [-0.25, -0.2) is 13.6 Å². The van der Waals surface area contributed by atoms with Crippen molar-refractivity contribution in [3.8, 4) is 16.9 Å². The molecular formula is C18H17NO4S. The van der Waals surface area contributed by atoms with Crippen LogP contribution in [0.25, 0.3) is 11.1 Å². The van der Waals surface area contributed by atoms with Crippen molar-refractivity contribution >= 4 is 10.0 Å². The predicted molar refractivity (Wildman–Crippen MR) is 91.0 cm³/mol. The number of sulfonamides is 1. The molecule has 0 atom stereocenters. The van der Waals surface area contributed by atoms with Gasteiger partial charge in [-0.15, -0.1) is 0 Å². The van der Waals surface area contributed by atoms with Crippen LogP contribution in [0.1, 0.15) is 11.3 Å². The maximum absolute atomic E-state index is 11.3. The van der Waals surface area contributed by atoms with Crippen LogP contribution in [0, 0.1) is 6.92 Å². The smallest absolute Gasteiger partial charge is 0.271 e. The van der Waals surface area contributed by atoms with E-state index in [2.05, 4.69) is 0 Å². The number of hydrogen-bond donors (Lipinski definition) is 1. The van der Waals surface area contributed by atoms with Crippen LogP contribution in [0.5, 0.6) is 5.75 Å².